The van der Waals surface area contributed by atoms with E-state index in [0.29, 0.717) is 0 Å². The zero-order valence-electron chi connectivity index (χ0n) is 26.3. The Kier molecular flexibility index (Phi) is 11.3. The van der Waals surface area contributed by atoms with Crippen molar-refractivity contribution in [2.75, 3.05) is 0 Å². The van der Waals surface area contributed by atoms with Gasteiger partial charge in [0.1, 0.15) is 0 Å². The summed E-state index contributed by atoms with van der Waals surface area (Å²) in [6, 6.07) is 0.216. The molecule has 0 saturated carbocycles. The summed E-state index contributed by atoms with van der Waals surface area (Å²) in [5.74, 6) is 0.0211. The minimum absolute atomic E-state index is 0.0105. The number of hydroxylamine groups is 4. The van der Waals surface area contributed by atoms with Crippen LogP contribution in [-0.4, -0.2) is 62.5 Å². The first-order chi connectivity index (χ1) is 17.4. The summed E-state index contributed by atoms with van der Waals surface area (Å²) in [6.45, 7) is 22.9. The van der Waals surface area contributed by atoms with Crippen molar-refractivity contribution in [3.63, 3.8) is 0 Å². The van der Waals surface area contributed by atoms with E-state index in [1.54, 1.807) is 13.8 Å². The second-order valence-electron chi connectivity index (χ2n) is 14.3. The number of piperidine rings is 2. The Hall–Kier alpha value is -1.22. The van der Waals surface area contributed by atoms with Gasteiger partial charge >= 0.3 is 0 Å². The number of nitrogens with one attached hydrogen (secondary N) is 2. The quantitative estimate of drug-likeness (QED) is 0.240. The number of unbranched alkanes of at least 4 members (excludes halogenated alkanes) is 4. The summed E-state index contributed by atoms with van der Waals surface area (Å²) in [4.78, 5) is 37.3. The zero-order chi connectivity index (χ0) is 28.9. The minimum atomic E-state index is -0.427. The van der Waals surface area contributed by atoms with E-state index in [2.05, 4.69) is 83.1 Å². The molecule has 2 aliphatic rings. The van der Waals surface area contributed by atoms with Crippen molar-refractivity contribution in [3.05, 3.63) is 0 Å². The van der Waals surface area contributed by atoms with Gasteiger partial charge in [-0.25, -0.2) is 0 Å². The highest BCUT2D eigenvalue weighted by Gasteiger charge is 2.50. The molecule has 0 unspecified atom stereocenters. The van der Waals surface area contributed by atoms with Crippen LogP contribution in [0.3, 0.4) is 0 Å². The first-order valence-electron chi connectivity index (χ1n) is 14.9. The van der Waals surface area contributed by atoms with Crippen LogP contribution in [0.5, 0.6) is 0 Å². The van der Waals surface area contributed by atoms with Gasteiger partial charge in [0.15, 0.2) is 6.29 Å². The highest BCUT2D eigenvalue weighted by Crippen LogP contribution is 2.42. The third kappa shape index (κ3) is 9.17. The molecule has 2 N–H and O–H groups in total. The Morgan fingerprint density at radius 2 is 1.03 bits per heavy atom. The van der Waals surface area contributed by atoms with E-state index in [1.165, 1.54) is 19.3 Å². The normalized spacial score (nSPS) is 23.9. The van der Waals surface area contributed by atoms with Crippen molar-refractivity contribution in [2.24, 2.45) is 0 Å². The Morgan fingerprint density at radius 3 is 1.34 bits per heavy atom. The second-order valence-corrected chi connectivity index (χ2v) is 14.3. The summed E-state index contributed by atoms with van der Waals surface area (Å²) in [5, 5.41) is 10.5. The number of amides is 2. The first-order valence-corrected chi connectivity index (χ1v) is 14.9. The van der Waals surface area contributed by atoms with Crippen LogP contribution in [0, 0.1) is 0 Å². The largest absolute Gasteiger partial charge is 0.353 e. The van der Waals surface area contributed by atoms with Crippen LogP contribution in [0.1, 0.15) is 140 Å². The molecule has 0 atom stereocenters. The molecule has 0 aromatic rings. The van der Waals surface area contributed by atoms with Crippen molar-refractivity contribution in [1.29, 1.82) is 0 Å². The van der Waals surface area contributed by atoms with Crippen molar-refractivity contribution in [3.8, 4) is 0 Å². The summed E-state index contributed by atoms with van der Waals surface area (Å²) >= 11 is 0. The molecule has 222 valence electrons. The topological polar surface area (TPSA) is 83.1 Å². The maximum Gasteiger partial charge on any atom is 0.217 e. The Bertz CT molecular complexity index is 701. The van der Waals surface area contributed by atoms with Crippen LogP contribution in [0.25, 0.3) is 0 Å². The molecule has 0 aromatic heterocycles. The number of rotatable bonds is 12. The molecule has 0 radical (unpaired) electrons. The predicted octanol–water partition coefficient (Wildman–Crippen LogP) is 5.85. The lowest BCUT2D eigenvalue weighted by molar-refractivity contribution is -0.424. The summed E-state index contributed by atoms with van der Waals surface area (Å²) < 4.78 is 0. The average molecular weight is 539 g/mol. The highest BCUT2D eigenvalue weighted by atomic mass is 16.9. The molecule has 2 heterocycles. The molecule has 2 saturated heterocycles. The van der Waals surface area contributed by atoms with Crippen molar-refractivity contribution in [1.82, 2.24) is 20.8 Å². The van der Waals surface area contributed by atoms with Crippen molar-refractivity contribution >= 4 is 11.8 Å². The van der Waals surface area contributed by atoms with Crippen molar-refractivity contribution < 1.29 is 19.3 Å². The molecule has 2 amide bonds. The third-order valence-electron chi connectivity index (χ3n) is 7.99. The van der Waals surface area contributed by atoms with E-state index in [4.69, 9.17) is 9.68 Å². The van der Waals surface area contributed by atoms with Gasteiger partial charge < -0.3 is 10.6 Å². The van der Waals surface area contributed by atoms with Crippen LogP contribution in [0.2, 0.25) is 0 Å². The molecule has 2 fully saturated rings. The van der Waals surface area contributed by atoms with Crippen LogP contribution in [0.4, 0.5) is 0 Å². The van der Waals surface area contributed by atoms with Crippen LogP contribution < -0.4 is 10.6 Å². The van der Waals surface area contributed by atoms with Gasteiger partial charge in [-0.05, 0) is 87.5 Å². The van der Waals surface area contributed by atoms with Gasteiger partial charge in [-0.2, -0.15) is 10.1 Å². The molecule has 0 aliphatic carbocycles. The third-order valence-corrected chi connectivity index (χ3v) is 7.99. The fourth-order valence-corrected chi connectivity index (χ4v) is 7.15. The first kappa shape index (κ1) is 33.0. The van der Waals surface area contributed by atoms with Gasteiger partial charge in [0.05, 0.1) is 0 Å². The highest BCUT2D eigenvalue weighted by molar-refractivity contribution is 5.73. The van der Waals surface area contributed by atoms with E-state index in [-0.39, 0.29) is 46.1 Å². The van der Waals surface area contributed by atoms with E-state index < -0.39 is 6.29 Å². The lowest BCUT2D eigenvalue weighted by atomic mass is 9.79. The molecular formula is C30H58N4O4. The summed E-state index contributed by atoms with van der Waals surface area (Å²) in [6.07, 6.45) is 9.48. The number of carbonyl (C=O) groups is 2. The zero-order valence-corrected chi connectivity index (χ0v) is 26.3. The second kappa shape index (κ2) is 13.0. The van der Waals surface area contributed by atoms with Crippen LogP contribution in [-0.2, 0) is 19.3 Å². The van der Waals surface area contributed by atoms with Crippen LogP contribution in [0.15, 0.2) is 0 Å². The smallest absolute Gasteiger partial charge is 0.217 e. The molecule has 2 aliphatic heterocycles. The van der Waals surface area contributed by atoms with Crippen molar-refractivity contribution in [2.45, 2.75) is 181 Å². The van der Waals surface area contributed by atoms with E-state index >= 15 is 0 Å². The number of nitrogens with zero attached hydrogens (tertiary/aromatic N) is 2. The number of carbonyl (C=O) groups excluding carboxylic acids is 2. The molecule has 0 bridgehead atoms. The number of hydrogen-bond acceptors (Lipinski definition) is 6. The average Bonchev–Trinajstić information content (AvgIpc) is 2.70. The Morgan fingerprint density at radius 1 is 0.684 bits per heavy atom. The molecule has 8 nitrogen and oxygen atoms in total. The molecule has 0 aromatic carbocycles. The van der Waals surface area contributed by atoms with E-state index in [9.17, 15) is 9.59 Å². The molecule has 0 spiro atoms. The van der Waals surface area contributed by atoms with Gasteiger partial charge in [-0.3, -0.25) is 19.3 Å². The minimum Gasteiger partial charge on any atom is -0.353 e. The SMILES string of the molecule is CCCCCCCC(ON1C(C)(C)CC(NC(C)=O)CC1(C)C)ON1C(C)(C)CC(NC(C)=O)CC1(C)C. The van der Waals surface area contributed by atoms with Gasteiger partial charge in [-0.1, -0.05) is 32.6 Å². The van der Waals surface area contributed by atoms with Gasteiger partial charge in [0.2, 0.25) is 11.8 Å². The standard InChI is InChI=1S/C30H58N4O4/c1-12-13-14-15-16-17-26(37-33-27(4,5)18-24(31-22(2)35)19-28(33,6)7)38-34-29(8,9)20-25(32-23(3)36)21-30(34,10)11/h24-26H,12-21H2,1-11H3,(H,31,35)(H,32,36). The lowest BCUT2D eigenvalue weighted by Gasteiger charge is -2.57. The maximum atomic E-state index is 11.8. The summed E-state index contributed by atoms with van der Waals surface area (Å²) in [7, 11) is 0. The lowest BCUT2D eigenvalue weighted by Crippen LogP contribution is -2.67. The Labute approximate surface area is 232 Å². The molecule has 38 heavy (non-hydrogen) atoms. The maximum absolute atomic E-state index is 11.8. The summed E-state index contributed by atoms with van der Waals surface area (Å²) in [5.41, 5.74) is -1.16. The van der Waals surface area contributed by atoms with E-state index in [1.807, 2.05) is 0 Å². The fraction of sp³-hybridized carbons (Fsp3) is 0.933. The van der Waals surface area contributed by atoms with E-state index in [0.717, 1.165) is 44.9 Å². The van der Waals surface area contributed by atoms with Gasteiger partial charge in [-0.15, -0.1) is 0 Å². The van der Waals surface area contributed by atoms with Crippen LogP contribution >= 0.6 is 0 Å². The monoisotopic (exact) mass is 538 g/mol. The molecule has 2 rings (SSSR count). The fourth-order valence-electron chi connectivity index (χ4n) is 7.15. The molecular weight excluding hydrogens is 480 g/mol. The molecule has 8 heteroatoms. The number of hydrogen-bond donors (Lipinski definition) is 2. The van der Waals surface area contributed by atoms with Gasteiger partial charge in [0, 0.05) is 54.5 Å². The Balaban J connectivity index is 2.26. The predicted molar refractivity (Wildman–Crippen MR) is 153 cm³/mol. The van der Waals surface area contributed by atoms with Gasteiger partial charge in [0.25, 0.3) is 0 Å².